The summed E-state index contributed by atoms with van der Waals surface area (Å²) in [6, 6.07) is -0.473. The average molecular weight is 284 g/mol. The van der Waals surface area contributed by atoms with Gasteiger partial charge in [0.2, 0.25) is 11.8 Å². The molecule has 0 aliphatic heterocycles. The van der Waals surface area contributed by atoms with E-state index in [0.29, 0.717) is 0 Å². The molecule has 0 saturated carbocycles. The van der Waals surface area contributed by atoms with Crippen molar-refractivity contribution in [3.63, 3.8) is 0 Å². The maximum Gasteiger partial charge on any atom is 0.405 e. The summed E-state index contributed by atoms with van der Waals surface area (Å²) < 4.78 is 35.3. The average Bonchev–Trinajstić information content (AvgIpc) is 2.22. The van der Waals surface area contributed by atoms with Crippen molar-refractivity contribution in [2.24, 2.45) is 0 Å². The molecule has 0 aromatic carbocycles. The van der Waals surface area contributed by atoms with Crippen LogP contribution < -0.4 is 10.6 Å². The minimum atomic E-state index is -4.53. The predicted octanol–water partition coefficient (Wildman–Crippen LogP) is 0.424. The predicted molar refractivity (Wildman–Crippen MR) is 58.2 cm³/mol. The molecule has 9 heteroatoms. The SMILES string of the molecule is CC(CCC(=O)O)NC(=O)CC(=O)NCC(F)(F)F. The lowest BCUT2D eigenvalue weighted by molar-refractivity contribution is -0.141. The summed E-state index contributed by atoms with van der Waals surface area (Å²) in [6.45, 7) is 0.0438. The van der Waals surface area contributed by atoms with E-state index >= 15 is 0 Å². The quantitative estimate of drug-likeness (QED) is 0.591. The minimum absolute atomic E-state index is 0.151. The van der Waals surface area contributed by atoms with E-state index < -0.39 is 43.0 Å². The molecule has 0 bridgehead atoms. The fourth-order valence-electron chi connectivity index (χ4n) is 1.15. The van der Waals surface area contributed by atoms with Crippen LogP contribution in [-0.2, 0) is 14.4 Å². The van der Waals surface area contributed by atoms with E-state index in [9.17, 15) is 27.6 Å². The number of alkyl halides is 3. The fraction of sp³-hybridized carbons (Fsp3) is 0.700. The molecule has 0 aliphatic carbocycles. The van der Waals surface area contributed by atoms with Crippen LogP contribution in [0, 0.1) is 0 Å². The summed E-state index contributed by atoms with van der Waals surface area (Å²) in [5.41, 5.74) is 0. The molecule has 1 unspecified atom stereocenters. The first kappa shape index (κ1) is 17.2. The Kier molecular flexibility index (Phi) is 6.87. The van der Waals surface area contributed by atoms with Crippen LogP contribution in [0.3, 0.4) is 0 Å². The number of carbonyl (C=O) groups is 3. The molecule has 3 N–H and O–H groups in total. The molecule has 0 saturated heterocycles. The van der Waals surface area contributed by atoms with Crippen molar-refractivity contribution in [1.82, 2.24) is 10.6 Å². The third kappa shape index (κ3) is 11.0. The molecule has 110 valence electrons. The van der Waals surface area contributed by atoms with Crippen molar-refractivity contribution in [3.8, 4) is 0 Å². The number of carboxylic acid groups (broad SMARTS) is 1. The second-order valence-corrected chi connectivity index (χ2v) is 3.97. The molecule has 2 amide bonds. The summed E-state index contributed by atoms with van der Waals surface area (Å²) in [5, 5.41) is 12.3. The van der Waals surface area contributed by atoms with E-state index in [1.807, 2.05) is 0 Å². The lowest BCUT2D eigenvalue weighted by atomic mass is 10.2. The van der Waals surface area contributed by atoms with Gasteiger partial charge in [0.05, 0.1) is 0 Å². The lowest BCUT2D eigenvalue weighted by Gasteiger charge is -2.13. The standard InChI is InChI=1S/C10H15F3N2O4/c1-6(2-3-9(18)19)15-8(17)4-7(16)14-5-10(11,12)13/h6H,2-5H2,1H3,(H,14,16)(H,15,17)(H,18,19). The van der Waals surface area contributed by atoms with E-state index in [1.54, 1.807) is 5.32 Å². The number of aliphatic carboxylic acids is 1. The highest BCUT2D eigenvalue weighted by Crippen LogP contribution is 2.12. The van der Waals surface area contributed by atoms with Crippen LogP contribution >= 0.6 is 0 Å². The van der Waals surface area contributed by atoms with Gasteiger partial charge in [0.1, 0.15) is 13.0 Å². The minimum Gasteiger partial charge on any atom is -0.481 e. The van der Waals surface area contributed by atoms with Crippen LogP contribution in [0.5, 0.6) is 0 Å². The van der Waals surface area contributed by atoms with Crippen molar-refractivity contribution in [2.45, 2.75) is 38.4 Å². The maximum atomic E-state index is 11.8. The third-order valence-corrected chi connectivity index (χ3v) is 2.01. The number of carboxylic acids is 1. The molecule has 6 nitrogen and oxygen atoms in total. The van der Waals surface area contributed by atoms with Crippen LogP contribution in [0.1, 0.15) is 26.2 Å². The molecule has 0 fully saturated rings. The Morgan fingerprint density at radius 1 is 1.21 bits per heavy atom. The van der Waals surface area contributed by atoms with Gasteiger partial charge in [-0.25, -0.2) is 0 Å². The Morgan fingerprint density at radius 3 is 2.26 bits per heavy atom. The molecule has 0 aromatic rings. The molecule has 0 aliphatic rings. The third-order valence-electron chi connectivity index (χ3n) is 2.01. The van der Waals surface area contributed by atoms with Crippen LogP contribution in [0.2, 0.25) is 0 Å². The van der Waals surface area contributed by atoms with Crippen molar-refractivity contribution >= 4 is 17.8 Å². The number of halogens is 3. The van der Waals surface area contributed by atoms with Crippen LogP contribution in [-0.4, -0.2) is 41.7 Å². The molecule has 0 radical (unpaired) electrons. The van der Waals surface area contributed by atoms with Crippen LogP contribution in [0.15, 0.2) is 0 Å². The van der Waals surface area contributed by atoms with Gasteiger partial charge in [0, 0.05) is 12.5 Å². The summed E-state index contributed by atoms with van der Waals surface area (Å²) in [6.07, 6.45) is -5.23. The number of carbonyl (C=O) groups excluding carboxylic acids is 2. The molecule has 0 rings (SSSR count). The topological polar surface area (TPSA) is 95.5 Å². The summed E-state index contributed by atoms with van der Waals surface area (Å²) in [7, 11) is 0. The van der Waals surface area contributed by atoms with Gasteiger partial charge in [-0.1, -0.05) is 0 Å². The number of rotatable bonds is 7. The van der Waals surface area contributed by atoms with Gasteiger partial charge in [0.25, 0.3) is 0 Å². The Hall–Kier alpha value is -1.80. The van der Waals surface area contributed by atoms with Crippen molar-refractivity contribution in [1.29, 1.82) is 0 Å². The number of hydrogen-bond donors (Lipinski definition) is 3. The van der Waals surface area contributed by atoms with Gasteiger partial charge in [0.15, 0.2) is 0 Å². The molecule has 1 atom stereocenters. The first-order valence-corrected chi connectivity index (χ1v) is 5.44. The van der Waals surface area contributed by atoms with Crippen molar-refractivity contribution in [3.05, 3.63) is 0 Å². The highest BCUT2D eigenvalue weighted by Gasteiger charge is 2.28. The monoisotopic (exact) mass is 284 g/mol. The van der Waals surface area contributed by atoms with E-state index in [0.717, 1.165) is 0 Å². The Labute approximate surface area is 107 Å². The van der Waals surface area contributed by atoms with Gasteiger partial charge in [-0.3, -0.25) is 14.4 Å². The van der Waals surface area contributed by atoms with E-state index in [-0.39, 0.29) is 12.8 Å². The molecule has 0 heterocycles. The first-order chi connectivity index (χ1) is 8.60. The number of amides is 2. The Bertz CT molecular complexity index is 344. The maximum absolute atomic E-state index is 11.8. The Morgan fingerprint density at radius 2 is 1.79 bits per heavy atom. The highest BCUT2D eigenvalue weighted by atomic mass is 19.4. The normalized spacial score (nSPS) is 12.6. The molecule has 0 aromatic heterocycles. The fourth-order valence-corrected chi connectivity index (χ4v) is 1.15. The molecule has 0 spiro atoms. The van der Waals surface area contributed by atoms with Gasteiger partial charge in [-0.05, 0) is 13.3 Å². The summed E-state index contributed by atoms with van der Waals surface area (Å²) in [5.74, 6) is -2.82. The smallest absolute Gasteiger partial charge is 0.405 e. The summed E-state index contributed by atoms with van der Waals surface area (Å²) in [4.78, 5) is 32.5. The van der Waals surface area contributed by atoms with E-state index in [4.69, 9.17) is 5.11 Å². The summed E-state index contributed by atoms with van der Waals surface area (Å²) >= 11 is 0. The molecule has 19 heavy (non-hydrogen) atoms. The zero-order chi connectivity index (χ0) is 15.1. The van der Waals surface area contributed by atoms with Gasteiger partial charge in [-0.2, -0.15) is 13.2 Å². The van der Waals surface area contributed by atoms with Gasteiger partial charge < -0.3 is 15.7 Å². The van der Waals surface area contributed by atoms with E-state index in [2.05, 4.69) is 5.32 Å². The molecular weight excluding hydrogens is 269 g/mol. The van der Waals surface area contributed by atoms with Crippen LogP contribution in [0.25, 0.3) is 0 Å². The van der Waals surface area contributed by atoms with E-state index in [1.165, 1.54) is 6.92 Å². The largest absolute Gasteiger partial charge is 0.481 e. The zero-order valence-electron chi connectivity index (χ0n) is 10.2. The second-order valence-electron chi connectivity index (χ2n) is 3.97. The highest BCUT2D eigenvalue weighted by molar-refractivity contribution is 5.96. The Balaban J connectivity index is 3.90. The van der Waals surface area contributed by atoms with Crippen LogP contribution in [0.4, 0.5) is 13.2 Å². The first-order valence-electron chi connectivity index (χ1n) is 5.44. The lowest BCUT2D eigenvalue weighted by Crippen LogP contribution is -2.39. The van der Waals surface area contributed by atoms with Crippen molar-refractivity contribution in [2.75, 3.05) is 6.54 Å². The van der Waals surface area contributed by atoms with Crippen molar-refractivity contribution < 1.29 is 32.7 Å². The van der Waals surface area contributed by atoms with Gasteiger partial charge in [-0.15, -0.1) is 0 Å². The zero-order valence-corrected chi connectivity index (χ0v) is 10.2. The number of hydrogen-bond acceptors (Lipinski definition) is 3. The molecular formula is C10H15F3N2O4. The van der Waals surface area contributed by atoms with Gasteiger partial charge >= 0.3 is 12.1 Å². The number of nitrogens with one attached hydrogen (secondary N) is 2. The second kappa shape index (κ2) is 7.59.